The summed E-state index contributed by atoms with van der Waals surface area (Å²) >= 11 is 3.59. The lowest BCUT2D eigenvalue weighted by Gasteiger charge is -1.97. The predicted octanol–water partition coefficient (Wildman–Crippen LogP) is 2.43. The molecule has 0 radical (unpaired) electrons. The first-order chi connectivity index (χ1) is 7.68. The average Bonchev–Trinajstić information content (AvgIpc) is 2.65. The van der Waals surface area contributed by atoms with Crippen LogP contribution in [0.25, 0.3) is 0 Å². The fourth-order valence-corrected chi connectivity index (χ4v) is 2.56. The van der Waals surface area contributed by atoms with Crippen LogP contribution in [0.1, 0.15) is 10.4 Å². The van der Waals surface area contributed by atoms with Gasteiger partial charge in [0, 0.05) is 22.2 Å². The van der Waals surface area contributed by atoms with Crippen LogP contribution < -0.4 is 4.80 Å². The Morgan fingerprint density at radius 1 is 1.44 bits per heavy atom. The third kappa shape index (κ3) is 2.41. The molecule has 0 saturated carbocycles. The fraction of sp³-hybridized carbons (Fsp3) is 0.0909. The number of hydrogen-bond donors (Lipinski definition) is 0. The van der Waals surface area contributed by atoms with Crippen LogP contribution in [-0.4, -0.2) is 10.5 Å². The van der Waals surface area contributed by atoms with E-state index in [1.54, 1.807) is 6.07 Å². The standard InChI is InChI=1S/C11H9IN2OS/c1-14-6-7-16-11(14)13-10(15)8-4-2-3-5-9(8)12/h2-7H,1H3. The van der Waals surface area contributed by atoms with E-state index in [0.29, 0.717) is 10.4 Å². The number of aromatic nitrogens is 1. The van der Waals surface area contributed by atoms with Gasteiger partial charge in [0.15, 0.2) is 4.80 Å². The second-order valence-corrected chi connectivity index (χ2v) is 5.23. The van der Waals surface area contributed by atoms with Crippen molar-refractivity contribution in [3.05, 3.63) is 49.8 Å². The van der Waals surface area contributed by atoms with Gasteiger partial charge in [0.25, 0.3) is 5.91 Å². The molecule has 3 nitrogen and oxygen atoms in total. The van der Waals surface area contributed by atoms with Crippen LogP contribution in [0.2, 0.25) is 0 Å². The van der Waals surface area contributed by atoms with E-state index < -0.39 is 0 Å². The van der Waals surface area contributed by atoms with Gasteiger partial charge in [-0.2, -0.15) is 4.99 Å². The van der Waals surface area contributed by atoms with Crippen LogP contribution in [0.5, 0.6) is 0 Å². The summed E-state index contributed by atoms with van der Waals surface area (Å²) in [6.07, 6.45) is 1.88. The molecular formula is C11H9IN2OS. The molecule has 5 heteroatoms. The predicted molar refractivity (Wildman–Crippen MR) is 72.3 cm³/mol. The van der Waals surface area contributed by atoms with E-state index in [0.717, 1.165) is 3.57 Å². The lowest BCUT2D eigenvalue weighted by atomic mass is 10.2. The quantitative estimate of drug-likeness (QED) is 0.732. The van der Waals surface area contributed by atoms with Gasteiger partial charge in [-0.25, -0.2) is 0 Å². The Bertz CT molecular complexity index is 585. The highest BCUT2D eigenvalue weighted by Crippen LogP contribution is 2.12. The van der Waals surface area contributed by atoms with E-state index in [9.17, 15) is 4.79 Å². The van der Waals surface area contributed by atoms with Gasteiger partial charge < -0.3 is 4.57 Å². The molecule has 2 aromatic rings. The average molecular weight is 344 g/mol. The number of rotatable bonds is 1. The van der Waals surface area contributed by atoms with Crippen LogP contribution in [0.3, 0.4) is 0 Å². The number of carbonyl (C=O) groups is 1. The molecule has 2 rings (SSSR count). The summed E-state index contributed by atoms with van der Waals surface area (Å²) in [6.45, 7) is 0. The summed E-state index contributed by atoms with van der Waals surface area (Å²) in [5.41, 5.74) is 0.650. The van der Waals surface area contributed by atoms with Gasteiger partial charge in [-0.3, -0.25) is 4.79 Å². The number of halogens is 1. The van der Waals surface area contributed by atoms with Crippen LogP contribution >= 0.6 is 33.9 Å². The molecule has 1 aromatic carbocycles. The molecule has 0 unspecified atom stereocenters. The van der Waals surface area contributed by atoms with Crippen molar-refractivity contribution in [2.24, 2.45) is 12.0 Å². The zero-order valence-electron chi connectivity index (χ0n) is 8.55. The molecule has 1 aromatic heterocycles. The Balaban J connectivity index is 2.43. The maximum Gasteiger partial charge on any atom is 0.280 e. The summed E-state index contributed by atoms with van der Waals surface area (Å²) in [5.74, 6) is -0.192. The molecule has 0 saturated heterocycles. The molecule has 0 spiro atoms. The molecule has 82 valence electrons. The molecule has 0 aliphatic rings. The monoisotopic (exact) mass is 344 g/mol. The molecule has 0 aliphatic carbocycles. The second-order valence-electron chi connectivity index (χ2n) is 3.19. The van der Waals surface area contributed by atoms with Crippen molar-refractivity contribution < 1.29 is 4.79 Å². The zero-order valence-corrected chi connectivity index (χ0v) is 11.5. The zero-order chi connectivity index (χ0) is 11.5. The van der Waals surface area contributed by atoms with Gasteiger partial charge in [-0.1, -0.05) is 12.1 Å². The Hall–Kier alpha value is -0.950. The maximum absolute atomic E-state index is 11.9. The Morgan fingerprint density at radius 3 is 2.81 bits per heavy atom. The minimum Gasteiger partial charge on any atom is -0.327 e. The molecular weight excluding hydrogens is 335 g/mol. The van der Waals surface area contributed by atoms with E-state index in [1.165, 1.54) is 11.3 Å². The molecule has 0 bridgehead atoms. The molecule has 0 aliphatic heterocycles. The van der Waals surface area contributed by atoms with Crippen molar-refractivity contribution in [1.29, 1.82) is 0 Å². The number of benzene rings is 1. The Morgan fingerprint density at radius 2 is 2.19 bits per heavy atom. The highest BCUT2D eigenvalue weighted by Gasteiger charge is 2.07. The first kappa shape index (κ1) is 11.5. The summed E-state index contributed by atoms with van der Waals surface area (Å²) in [5, 5.41) is 1.90. The summed E-state index contributed by atoms with van der Waals surface area (Å²) in [6, 6.07) is 7.45. The first-order valence-electron chi connectivity index (χ1n) is 4.62. The smallest absolute Gasteiger partial charge is 0.280 e. The van der Waals surface area contributed by atoms with Crippen LogP contribution in [-0.2, 0) is 7.05 Å². The molecule has 16 heavy (non-hydrogen) atoms. The number of hydrogen-bond acceptors (Lipinski definition) is 2. The van der Waals surface area contributed by atoms with E-state index >= 15 is 0 Å². The Labute approximate surface area is 111 Å². The molecule has 1 amide bonds. The van der Waals surface area contributed by atoms with Crippen molar-refractivity contribution in [2.45, 2.75) is 0 Å². The lowest BCUT2D eigenvalue weighted by Crippen LogP contribution is -2.13. The third-order valence-corrected chi connectivity index (χ3v) is 3.85. The van der Waals surface area contributed by atoms with Crippen LogP contribution in [0, 0.1) is 3.57 Å². The summed E-state index contributed by atoms with van der Waals surface area (Å²) in [4.78, 5) is 16.7. The number of amides is 1. The lowest BCUT2D eigenvalue weighted by molar-refractivity contribution is 0.0997. The molecule has 0 fully saturated rings. The number of aryl methyl sites for hydroxylation is 1. The van der Waals surface area contributed by atoms with Gasteiger partial charge in [-0.05, 0) is 34.7 Å². The summed E-state index contributed by atoms with van der Waals surface area (Å²) in [7, 11) is 1.87. The van der Waals surface area contributed by atoms with Crippen molar-refractivity contribution in [3.63, 3.8) is 0 Å². The van der Waals surface area contributed by atoms with E-state index in [1.807, 2.05) is 41.4 Å². The van der Waals surface area contributed by atoms with Crippen LogP contribution in [0.4, 0.5) is 0 Å². The number of nitrogens with zero attached hydrogens (tertiary/aromatic N) is 2. The van der Waals surface area contributed by atoms with Gasteiger partial charge in [0.05, 0.1) is 5.56 Å². The normalized spacial score (nSPS) is 11.8. The van der Waals surface area contributed by atoms with Gasteiger partial charge in [0.2, 0.25) is 0 Å². The van der Waals surface area contributed by atoms with Crippen molar-refractivity contribution in [3.8, 4) is 0 Å². The van der Waals surface area contributed by atoms with Gasteiger partial charge in [0.1, 0.15) is 0 Å². The van der Waals surface area contributed by atoms with E-state index in [4.69, 9.17) is 0 Å². The molecule has 0 atom stereocenters. The van der Waals surface area contributed by atoms with Crippen molar-refractivity contribution in [1.82, 2.24) is 4.57 Å². The maximum atomic E-state index is 11.9. The topological polar surface area (TPSA) is 34.4 Å². The number of thiazole rings is 1. The largest absolute Gasteiger partial charge is 0.327 e. The minimum atomic E-state index is -0.192. The van der Waals surface area contributed by atoms with Crippen molar-refractivity contribution in [2.75, 3.05) is 0 Å². The molecule has 1 heterocycles. The minimum absolute atomic E-state index is 0.192. The fourth-order valence-electron chi connectivity index (χ4n) is 1.22. The van der Waals surface area contributed by atoms with E-state index in [2.05, 4.69) is 27.6 Å². The van der Waals surface area contributed by atoms with Crippen LogP contribution in [0.15, 0.2) is 40.8 Å². The third-order valence-electron chi connectivity index (χ3n) is 2.06. The second kappa shape index (κ2) is 4.92. The highest BCUT2D eigenvalue weighted by molar-refractivity contribution is 14.1. The van der Waals surface area contributed by atoms with E-state index in [-0.39, 0.29) is 5.91 Å². The SMILES string of the molecule is Cn1ccsc1=NC(=O)c1ccccc1I. The van der Waals surface area contributed by atoms with Crippen molar-refractivity contribution >= 4 is 39.8 Å². The van der Waals surface area contributed by atoms with Gasteiger partial charge >= 0.3 is 0 Å². The summed E-state index contributed by atoms with van der Waals surface area (Å²) < 4.78 is 2.76. The number of carbonyl (C=O) groups excluding carboxylic acids is 1. The first-order valence-corrected chi connectivity index (χ1v) is 6.58. The Kier molecular flexibility index (Phi) is 3.55. The highest BCUT2D eigenvalue weighted by atomic mass is 127. The van der Waals surface area contributed by atoms with Gasteiger partial charge in [-0.15, -0.1) is 11.3 Å². The molecule has 0 N–H and O–H groups in total.